The standard InChI is InChI=1S/C39H42N6O5/c1-27-24-45(39(47)48)18-17-31(27)38(46)44-21-19-43(20-22-44)30-13-14-32-34(23-30)42(2)41-36(32)33-15-16-35(49-25-28-9-5-3-6-10-28)40-37(33)50-26-29-11-7-4-8-12-29/h3-16,23,27,31H,17-22,24-26H2,1-2H3,(H,47,48)/t27-,31+/m0/s1. The number of piperazine rings is 1. The van der Waals surface area contributed by atoms with Gasteiger partial charge in [-0.2, -0.15) is 10.1 Å². The molecule has 4 heterocycles. The van der Waals surface area contributed by atoms with E-state index in [2.05, 4.69) is 23.1 Å². The van der Waals surface area contributed by atoms with Gasteiger partial charge in [0.05, 0.1) is 11.1 Å². The fourth-order valence-electron chi connectivity index (χ4n) is 7.00. The predicted octanol–water partition coefficient (Wildman–Crippen LogP) is 6.08. The molecule has 258 valence electrons. The van der Waals surface area contributed by atoms with Crippen LogP contribution in [0.1, 0.15) is 24.5 Å². The first-order chi connectivity index (χ1) is 24.3. The number of ether oxygens (including phenoxy) is 2. The normalized spacial score (nSPS) is 17.9. The molecule has 2 amide bonds. The van der Waals surface area contributed by atoms with Crippen molar-refractivity contribution in [2.45, 2.75) is 26.6 Å². The summed E-state index contributed by atoms with van der Waals surface area (Å²) in [5.74, 6) is 0.934. The summed E-state index contributed by atoms with van der Waals surface area (Å²) in [5.41, 5.74) is 5.70. The number of aryl methyl sites for hydroxylation is 1. The number of carbonyl (C=O) groups excluding carboxylic acids is 1. The molecule has 2 aromatic heterocycles. The first-order valence-electron chi connectivity index (χ1n) is 17.2. The van der Waals surface area contributed by atoms with Gasteiger partial charge in [0.2, 0.25) is 17.7 Å². The number of nitrogens with zero attached hydrogens (tertiary/aromatic N) is 6. The molecule has 0 unspecified atom stereocenters. The number of rotatable bonds is 9. The van der Waals surface area contributed by atoms with Crippen molar-refractivity contribution in [3.05, 3.63) is 102 Å². The third-order valence-corrected chi connectivity index (χ3v) is 9.82. The fourth-order valence-corrected chi connectivity index (χ4v) is 7.00. The first kappa shape index (κ1) is 32.9. The third kappa shape index (κ3) is 7.08. The summed E-state index contributed by atoms with van der Waals surface area (Å²) in [6.45, 7) is 6.24. The molecule has 2 fully saturated rings. The molecule has 1 N–H and O–H groups in total. The number of pyridine rings is 1. The van der Waals surface area contributed by atoms with Crippen molar-refractivity contribution in [1.29, 1.82) is 0 Å². The Labute approximate surface area is 291 Å². The van der Waals surface area contributed by atoms with Crippen molar-refractivity contribution in [1.82, 2.24) is 24.6 Å². The van der Waals surface area contributed by atoms with E-state index in [9.17, 15) is 14.7 Å². The summed E-state index contributed by atoms with van der Waals surface area (Å²) in [7, 11) is 1.94. The van der Waals surface area contributed by atoms with Crippen LogP contribution in [0.2, 0.25) is 0 Å². The van der Waals surface area contributed by atoms with Gasteiger partial charge in [-0.25, -0.2) is 4.79 Å². The van der Waals surface area contributed by atoms with Gasteiger partial charge in [-0.1, -0.05) is 67.6 Å². The average molecular weight is 675 g/mol. The Morgan fingerprint density at radius 2 is 1.50 bits per heavy atom. The lowest BCUT2D eigenvalue weighted by Gasteiger charge is -2.41. The van der Waals surface area contributed by atoms with Crippen LogP contribution in [0.5, 0.6) is 11.8 Å². The zero-order chi connectivity index (χ0) is 34.6. The van der Waals surface area contributed by atoms with Crippen molar-refractivity contribution in [2.24, 2.45) is 18.9 Å². The van der Waals surface area contributed by atoms with E-state index in [1.165, 1.54) is 4.90 Å². The molecule has 0 aliphatic carbocycles. The molecule has 5 aromatic rings. The van der Waals surface area contributed by atoms with Crippen LogP contribution in [0.25, 0.3) is 22.2 Å². The van der Waals surface area contributed by atoms with Gasteiger partial charge >= 0.3 is 6.09 Å². The Kier molecular flexibility index (Phi) is 9.55. The Balaban J connectivity index is 1.08. The van der Waals surface area contributed by atoms with Crippen molar-refractivity contribution < 1.29 is 24.2 Å². The van der Waals surface area contributed by atoms with E-state index in [1.807, 2.05) is 96.3 Å². The number of amides is 2. The van der Waals surface area contributed by atoms with Crippen LogP contribution in [0.15, 0.2) is 91.0 Å². The van der Waals surface area contributed by atoms with Gasteiger partial charge in [0, 0.05) is 69.4 Å². The molecule has 0 saturated carbocycles. The number of carbonyl (C=O) groups is 2. The molecule has 0 bridgehead atoms. The summed E-state index contributed by atoms with van der Waals surface area (Å²) >= 11 is 0. The molecule has 50 heavy (non-hydrogen) atoms. The predicted molar refractivity (Wildman–Crippen MR) is 191 cm³/mol. The molecular formula is C39H42N6O5. The van der Waals surface area contributed by atoms with E-state index in [4.69, 9.17) is 19.6 Å². The van der Waals surface area contributed by atoms with Crippen LogP contribution in [0.4, 0.5) is 10.5 Å². The van der Waals surface area contributed by atoms with Crippen LogP contribution in [0.3, 0.4) is 0 Å². The summed E-state index contributed by atoms with van der Waals surface area (Å²) in [5, 5.41) is 15.3. The zero-order valence-electron chi connectivity index (χ0n) is 28.4. The SMILES string of the molecule is C[C@H]1CN(C(=O)O)CC[C@H]1C(=O)N1CCN(c2ccc3c(-c4ccc(OCc5ccccc5)nc4OCc4ccccc4)nn(C)c3c2)CC1. The second kappa shape index (κ2) is 14.5. The van der Waals surface area contributed by atoms with Gasteiger partial charge < -0.3 is 29.3 Å². The minimum atomic E-state index is -0.913. The number of hydrogen-bond acceptors (Lipinski definition) is 7. The summed E-state index contributed by atoms with van der Waals surface area (Å²) in [6, 6.07) is 30.2. The minimum absolute atomic E-state index is 0.00398. The smallest absolute Gasteiger partial charge is 0.407 e. The van der Waals surface area contributed by atoms with E-state index in [-0.39, 0.29) is 17.7 Å². The van der Waals surface area contributed by atoms with Gasteiger partial charge in [0.15, 0.2) is 0 Å². The summed E-state index contributed by atoms with van der Waals surface area (Å²) < 4.78 is 14.3. The third-order valence-electron chi connectivity index (χ3n) is 9.82. The number of piperidine rings is 1. The van der Waals surface area contributed by atoms with Crippen LogP contribution in [-0.2, 0) is 25.1 Å². The van der Waals surface area contributed by atoms with Gasteiger partial charge in [0.1, 0.15) is 18.9 Å². The number of likely N-dealkylation sites (tertiary alicyclic amines) is 1. The fraction of sp³-hybridized carbons (Fsp3) is 0.333. The number of carboxylic acid groups (broad SMARTS) is 1. The second-order valence-electron chi connectivity index (χ2n) is 13.1. The molecule has 0 spiro atoms. The molecular weight excluding hydrogens is 632 g/mol. The molecule has 2 saturated heterocycles. The lowest BCUT2D eigenvalue weighted by Crippen LogP contribution is -2.53. The highest BCUT2D eigenvalue weighted by Crippen LogP contribution is 2.37. The van der Waals surface area contributed by atoms with E-state index in [0.717, 1.165) is 52.1 Å². The largest absolute Gasteiger partial charge is 0.473 e. The molecule has 2 aliphatic rings. The van der Waals surface area contributed by atoms with Gasteiger partial charge in [0.25, 0.3) is 0 Å². The molecule has 0 radical (unpaired) electrons. The van der Waals surface area contributed by atoms with Crippen molar-refractivity contribution in [3.8, 4) is 23.0 Å². The minimum Gasteiger partial charge on any atom is -0.473 e. The lowest BCUT2D eigenvalue weighted by atomic mass is 9.85. The van der Waals surface area contributed by atoms with Crippen molar-refractivity contribution in [3.63, 3.8) is 0 Å². The molecule has 2 aliphatic heterocycles. The monoisotopic (exact) mass is 674 g/mol. The molecule has 7 rings (SSSR count). The van der Waals surface area contributed by atoms with Crippen LogP contribution >= 0.6 is 0 Å². The maximum atomic E-state index is 13.4. The zero-order valence-corrected chi connectivity index (χ0v) is 28.4. The Hall–Kier alpha value is -5.58. The topological polar surface area (TPSA) is 113 Å². The Morgan fingerprint density at radius 3 is 2.16 bits per heavy atom. The first-order valence-corrected chi connectivity index (χ1v) is 17.2. The van der Waals surface area contributed by atoms with E-state index in [0.29, 0.717) is 57.6 Å². The van der Waals surface area contributed by atoms with Crippen LogP contribution in [0, 0.1) is 11.8 Å². The summed E-state index contributed by atoms with van der Waals surface area (Å²) in [4.78, 5) is 35.3. The highest BCUT2D eigenvalue weighted by Gasteiger charge is 2.36. The summed E-state index contributed by atoms with van der Waals surface area (Å²) in [6.07, 6.45) is -0.339. The Morgan fingerprint density at radius 1 is 0.820 bits per heavy atom. The number of hydrogen-bond donors (Lipinski definition) is 1. The number of aromatic nitrogens is 3. The lowest BCUT2D eigenvalue weighted by molar-refractivity contribution is -0.139. The highest BCUT2D eigenvalue weighted by molar-refractivity contribution is 5.96. The quantitative estimate of drug-likeness (QED) is 0.200. The van der Waals surface area contributed by atoms with Gasteiger partial charge in [-0.3, -0.25) is 9.48 Å². The number of anilines is 1. The Bertz CT molecular complexity index is 1960. The molecule has 11 heteroatoms. The second-order valence-corrected chi connectivity index (χ2v) is 13.1. The average Bonchev–Trinajstić information content (AvgIpc) is 3.48. The molecule has 11 nitrogen and oxygen atoms in total. The molecule has 3 aromatic carbocycles. The number of fused-ring (bicyclic) bond motifs is 1. The highest BCUT2D eigenvalue weighted by atomic mass is 16.5. The van der Waals surface area contributed by atoms with Crippen molar-refractivity contribution in [2.75, 3.05) is 44.2 Å². The maximum absolute atomic E-state index is 13.4. The van der Waals surface area contributed by atoms with Crippen LogP contribution < -0.4 is 14.4 Å². The van der Waals surface area contributed by atoms with E-state index in [1.54, 1.807) is 0 Å². The van der Waals surface area contributed by atoms with Gasteiger partial charge in [-0.15, -0.1) is 0 Å². The van der Waals surface area contributed by atoms with Crippen LogP contribution in [-0.4, -0.2) is 80.9 Å². The van der Waals surface area contributed by atoms with E-state index < -0.39 is 6.09 Å². The van der Waals surface area contributed by atoms with E-state index >= 15 is 0 Å². The molecule has 2 atom stereocenters. The van der Waals surface area contributed by atoms with Crippen molar-refractivity contribution >= 4 is 28.6 Å². The maximum Gasteiger partial charge on any atom is 0.407 e. The number of benzene rings is 3. The van der Waals surface area contributed by atoms with Gasteiger partial charge in [-0.05, 0) is 47.7 Å².